The summed E-state index contributed by atoms with van der Waals surface area (Å²) in [5.41, 5.74) is 2.78. The lowest BCUT2D eigenvalue weighted by Crippen LogP contribution is -2.49. The van der Waals surface area contributed by atoms with E-state index in [0.29, 0.717) is 12.5 Å². The molecule has 0 radical (unpaired) electrons. The van der Waals surface area contributed by atoms with Gasteiger partial charge in [-0.3, -0.25) is 14.6 Å². The average molecular weight is 332 g/mol. The van der Waals surface area contributed by atoms with Gasteiger partial charge in [0.2, 0.25) is 5.91 Å². The monoisotopic (exact) mass is 331 g/mol. The Morgan fingerprint density at radius 1 is 1.04 bits per heavy atom. The van der Waals surface area contributed by atoms with E-state index in [-0.39, 0.29) is 11.9 Å². The molecule has 1 aromatic rings. The number of carbonyl (C=O) groups is 1. The minimum atomic E-state index is 0.155. The minimum absolute atomic E-state index is 0.155. The van der Waals surface area contributed by atoms with E-state index in [1.807, 2.05) is 0 Å². The summed E-state index contributed by atoms with van der Waals surface area (Å²) in [6.45, 7) is 14.1. The fourth-order valence-electron chi connectivity index (χ4n) is 3.00. The lowest BCUT2D eigenvalue weighted by atomic mass is 10.0. The first-order valence-corrected chi connectivity index (χ1v) is 9.30. The third-order valence-electron chi connectivity index (χ3n) is 4.90. The van der Waals surface area contributed by atoms with E-state index in [2.05, 4.69) is 67.1 Å². The zero-order valence-electron chi connectivity index (χ0n) is 15.7. The van der Waals surface area contributed by atoms with Gasteiger partial charge >= 0.3 is 0 Å². The Morgan fingerprint density at radius 2 is 1.62 bits per heavy atom. The molecule has 4 heteroatoms. The maximum absolute atomic E-state index is 12.0. The number of hydrogen-bond acceptors (Lipinski definition) is 3. The van der Waals surface area contributed by atoms with Gasteiger partial charge in [0.25, 0.3) is 0 Å². The molecule has 4 nitrogen and oxygen atoms in total. The second-order valence-corrected chi connectivity index (χ2v) is 7.33. The molecule has 2 rings (SSSR count). The van der Waals surface area contributed by atoms with Crippen molar-refractivity contribution in [1.29, 1.82) is 0 Å². The SMILES string of the molecule is CC[C@H](C)NC(=O)CN1CCN(Cc2ccc(C(C)C)cc2)CC1. The zero-order chi connectivity index (χ0) is 17.5. The molecule has 1 fully saturated rings. The van der Waals surface area contributed by atoms with Crippen LogP contribution in [0, 0.1) is 0 Å². The number of hydrogen-bond donors (Lipinski definition) is 1. The third kappa shape index (κ3) is 5.91. The number of carbonyl (C=O) groups excluding carboxylic acids is 1. The third-order valence-corrected chi connectivity index (χ3v) is 4.90. The summed E-state index contributed by atoms with van der Waals surface area (Å²) in [7, 11) is 0. The lowest BCUT2D eigenvalue weighted by Gasteiger charge is -2.34. The molecule has 0 saturated carbocycles. The van der Waals surface area contributed by atoms with Crippen LogP contribution in [0.5, 0.6) is 0 Å². The minimum Gasteiger partial charge on any atom is -0.353 e. The zero-order valence-corrected chi connectivity index (χ0v) is 15.7. The van der Waals surface area contributed by atoms with Crippen molar-refractivity contribution in [3.8, 4) is 0 Å². The predicted molar refractivity (Wildman–Crippen MR) is 100 cm³/mol. The molecule has 0 aromatic heterocycles. The molecule has 0 spiro atoms. The highest BCUT2D eigenvalue weighted by atomic mass is 16.2. The Kier molecular flexibility index (Phi) is 7.25. The summed E-state index contributed by atoms with van der Waals surface area (Å²) < 4.78 is 0. The fraction of sp³-hybridized carbons (Fsp3) is 0.650. The van der Waals surface area contributed by atoms with Crippen LogP contribution in [0.3, 0.4) is 0 Å². The van der Waals surface area contributed by atoms with Gasteiger partial charge in [0, 0.05) is 38.8 Å². The van der Waals surface area contributed by atoms with Crippen LogP contribution in [-0.4, -0.2) is 54.5 Å². The normalized spacial score (nSPS) is 17.9. The van der Waals surface area contributed by atoms with Crippen LogP contribution < -0.4 is 5.32 Å². The first-order chi connectivity index (χ1) is 11.5. The van der Waals surface area contributed by atoms with E-state index in [1.165, 1.54) is 11.1 Å². The molecular weight excluding hydrogens is 298 g/mol. The van der Waals surface area contributed by atoms with Crippen molar-refractivity contribution < 1.29 is 4.79 Å². The molecule has 1 saturated heterocycles. The molecule has 1 atom stereocenters. The molecule has 1 N–H and O–H groups in total. The largest absolute Gasteiger partial charge is 0.353 e. The van der Waals surface area contributed by atoms with E-state index in [1.54, 1.807) is 0 Å². The average Bonchev–Trinajstić information content (AvgIpc) is 2.57. The van der Waals surface area contributed by atoms with Crippen molar-refractivity contribution in [2.24, 2.45) is 0 Å². The second kappa shape index (κ2) is 9.19. The van der Waals surface area contributed by atoms with Gasteiger partial charge in [-0.25, -0.2) is 0 Å². The van der Waals surface area contributed by atoms with Gasteiger partial charge in [-0.05, 0) is 30.4 Å². The predicted octanol–water partition coefficient (Wildman–Crippen LogP) is 2.84. The Bertz CT molecular complexity index is 504. The van der Waals surface area contributed by atoms with Crippen LogP contribution in [-0.2, 0) is 11.3 Å². The van der Waals surface area contributed by atoms with Crippen molar-refractivity contribution in [1.82, 2.24) is 15.1 Å². The van der Waals surface area contributed by atoms with Crippen LogP contribution in [0.25, 0.3) is 0 Å². The van der Waals surface area contributed by atoms with Crippen LogP contribution in [0.1, 0.15) is 51.2 Å². The molecule has 24 heavy (non-hydrogen) atoms. The summed E-state index contributed by atoms with van der Waals surface area (Å²) in [6, 6.07) is 9.26. The first kappa shape index (κ1) is 18.9. The molecule has 1 aromatic carbocycles. The standard InChI is InChI=1S/C20H33N3O/c1-5-17(4)21-20(24)15-23-12-10-22(11-13-23)14-18-6-8-19(9-7-18)16(2)3/h6-9,16-17H,5,10-15H2,1-4H3,(H,21,24)/t17-/m0/s1. The smallest absolute Gasteiger partial charge is 0.234 e. The van der Waals surface area contributed by atoms with E-state index in [9.17, 15) is 4.79 Å². The summed E-state index contributed by atoms with van der Waals surface area (Å²) >= 11 is 0. The van der Waals surface area contributed by atoms with Gasteiger partial charge in [-0.15, -0.1) is 0 Å². The van der Waals surface area contributed by atoms with Crippen LogP contribution >= 0.6 is 0 Å². The summed E-state index contributed by atoms with van der Waals surface area (Å²) in [5.74, 6) is 0.742. The summed E-state index contributed by atoms with van der Waals surface area (Å²) in [5, 5.41) is 3.05. The molecule has 1 heterocycles. The van der Waals surface area contributed by atoms with Gasteiger partial charge in [-0.1, -0.05) is 45.0 Å². The van der Waals surface area contributed by atoms with Crippen LogP contribution in [0.4, 0.5) is 0 Å². The number of amides is 1. The van der Waals surface area contributed by atoms with Crippen molar-refractivity contribution in [2.75, 3.05) is 32.7 Å². The lowest BCUT2D eigenvalue weighted by molar-refractivity contribution is -0.123. The fourth-order valence-corrected chi connectivity index (χ4v) is 3.00. The first-order valence-electron chi connectivity index (χ1n) is 9.30. The highest BCUT2D eigenvalue weighted by molar-refractivity contribution is 5.78. The van der Waals surface area contributed by atoms with Crippen molar-refractivity contribution in [3.05, 3.63) is 35.4 Å². The maximum atomic E-state index is 12.0. The Balaban J connectivity index is 1.73. The number of rotatable bonds is 7. The molecule has 0 aliphatic carbocycles. The molecular formula is C20H33N3O. The van der Waals surface area contributed by atoms with Gasteiger partial charge in [0.1, 0.15) is 0 Å². The van der Waals surface area contributed by atoms with E-state index in [0.717, 1.165) is 39.1 Å². The molecule has 1 aliphatic heterocycles. The highest BCUT2D eigenvalue weighted by Crippen LogP contribution is 2.16. The van der Waals surface area contributed by atoms with Crippen LogP contribution in [0.15, 0.2) is 24.3 Å². The second-order valence-electron chi connectivity index (χ2n) is 7.33. The molecule has 0 unspecified atom stereocenters. The van der Waals surface area contributed by atoms with Gasteiger partial charge in [0.15, 0.2) is 0 Å². The Hall–Kier alpha value is -1.39. The molecule has 1 aliphatic rings. The number of nitrogens with zero attached hydrogens (tertiary/aromatic N) is 2. The number of benzene rings is 1. The van der Waals surface area contributed by atoms with Crippen molar-refractivity contribution in [2.45, 2.75) is 52.6 Å². The Labute approximate surface area is 147 Å². The van der Waals surface area contributed by atoms with Gasteiger partial charge in [0.05, 0.1) is 6.54 Å². The van der Waals surface area contributed by atoms with Crippen molar-refractivity contribution >= 4 is 5.91 Å². The topological polar surface area (TPSA) is 35.6 Å². The van der Waals surface area contributed by atoms with Gasteiger partial charge in [-0.2, -0.15) is 0 Å². The van der Waals surface area contributed by atoms with E-state index >= 15 is 0 Å². The molecule has 0 bridgehead atoms. The van der Waals surface area contributed by atoms with Gasteiger partial charge < -0.3 is 5.32 Å². The van der Waals surface area contributed by atoms with E-state index < -0.39 is 0 Å². The highest BCUT2D eigenvalue weighted by Gasteiger charge is 2.19. The quantitative estimate of drug-likeness (QED) is 0.834. The van der Waals surface area contributed by atoms with Crippen molar-refractivity contribution in [3.63, 3.8) is 0 Å². The van der Waals surface area contributed by atoms with Crippen LogP contribution in [0.2, 0.25) is 0 Å². The molecule has 134 valence electrons. The number of nitrogens with one attached hydrogen (secondary N) is 1. The Morgan fingerprint density at radius 3 is 2.17 bits per heavy atom. The maximum Gasteiger partial charge on any atom is 0.234 e. The van der Waals surface area contributed by atoms with E-state index in [4.69, 9.17) is 0 Å². The summed E-state index contributed by atoms with van der Waals surface area (Å²) in [4.78, 5) is 16.7. The number of piperazine rings is 1. The molecule has 1 amide bonds. The summed E-state index contributed by atoms with van der Waals surface area (Å²) in [6.07, 6.45) is 0.981.